The molecule has 0 spiro atoms. The van der Waals surface area contributed by atoms with E-state index >= 15 is 0 Å². The highest BCUT2D eigenvalue weighted by Crippen LogP contribution is 2.17. The topological polar surface area (TPSA) is 38.5 Å². The number of hydrogen-bond acceptors (Lipinski definition) is 3. The smallest absolute Gasteiger partial charge is 0.173 e. The minimum atomic E-state index is 0.635. The molecule has 0 saturated carbocycles. The van der Waals surface area contributed by atoms with Gasteiger partial charge < -0.3 is 10.6 Å². The van der Waals surface area contributed by atoms with Crippen LogP contribution in [-0.4, -0.2) is 19.2 Å². The zero-order valence-corrected chi connectivity index (χ0v) is 9.50. The summed E-state index contributed by atoms with van der Waals surface area (Å²) >= 11 is 0. The van der Waals surface area contributed by atoms with Gasteiger partial charge in [-0.1, -0.05) is 25.7 Å². The second-order valence-electron chi connectivity index (χ2n) is 3.06. The Morgan fingerprint density at radius 2 is 2.07 bits per heavy atom. The second kappa shape index (κ2) is 6.27. The molecule has 0 aromatic heterocycles. The van der Waals surface area contributed by atoms with Gasteiger partial charge in [-0.3, -0.25) is 0 Å². The Labute approximate surface area is 86.5 Å². The molecule has 0 atom stereocenters. The van der Waals surface area contributed by atoms with E-state index in [0.29, 0.717) is 11.5 Å². The van der Waals surface area contributed by atoms with Gasteiger partial charge in [0.25, 0.3) is 0 Å². The average Bonchev–Trinajstić information content (AvgIpc) is 2.16. The van der Waals surface area contributed by atoms with Gasteiger partial charge in [0.1, 0.15) is 0 Å². The van der Waals surface area contributed by atoms with Crippen molar-refractivity contribution in [3.63, 3.8) is 0 Å². The van der Waals surface area contributed by atoms with Gasteiger partial charge in [0.05, 0.1) is 5.70 Å². The molecule has 0 aliphatic heterocycles. The molecule has 0 amide bonds. The largest absolute Gasteiger partial charge is 0.404 e. The zero-order chi connectivity index (χ0) is 11.1. The van der Waals surface area contributed by atoms with Crippen LogP contribution < -0.4 is 5.73 Å². The van der Waals surface area contributed by atoms with Gasteiger partial charge in [0.15, 0.2) is 5.76 Å². The van der Waals surface area contributed by atoms with Gasteiger partial charge in [-0.15, -0.1) is 0 Å². The van der Waals surface area contributed by atoms with E-state index < -0.39 is 0 Å². The Morgan fingerprint density at radius 3 is 2.36 bits per heavy atom. The van der Waals surface area contributed by atoms with E-state index in [1.54, 1.807) is 11.1 Å². The van der Waals surface area contributed by atoms with Crippen molar-refractivity contribution in [3.05, 3.63) is 35.8 Å². The molecule has 0 rings (SSSR count). The first-order valence-corrected chi connectivity index (χ1v) is 4.69. The SMILES string of the molecule is C=C/C(CC)=C(ON(C)C)/C(N)=C\C. The minimum absolute atomic E-state index is 0.635. The third-order valence-electron chi connectivity index (χ3n) is 1.77. The number of rotatable bonds is 5. The van der Waals surface area contributed by atoms with Gasteiger partial charge in [-0.2, -0.15) is 5.06 Å². The molecular weight excluding hydrogens is 176 g/mol. The highest BCUT2D eigenvalue weighted by Gasteiger charge is 2.08. The molecule has 0 bridgehead atoms. The van der Waals surface area contributed by atoms with E-state index in [-0.39, 0.29) is 0 Å². The molecule has 0 unspecified atom stereocenters. The Morgan fingerprint density at radius 1 is 1.50 bits per heavy atom. The Balaban J connectivity index is 5.06. The summed E-state index contributed by atoms with van der Waals surface area (Å²) in [7, 11) is 3.64. The van der Waals surface area contributed by atoms with Crippen LogP contribution >= 0.6 is 0 Å². The van der Waals surface area contributed by atoms with E-state index in [0.717, 1.165) is 12.0 Å². The Bertz CT molecular complexity index is 252. The molecule has 3 nitrogen and oxygen atoms in total. The lowest BCUT2D eigenvalue weighted by atomic mass is 10.1. The first kappa shape index (κ1) is 12.8. The van der Waals surface area contributed by atoms with Crippen molar-refractivity contribution in [3.8, 4) is 0 Å². The molecule has 0 aromatic carbocycles. The summed E-state index contributed by atoms with van der Waals surface area (Å²) in [6, 6.07) is 0. The fourth-order valence-corrected chi connectivity index (χ4v) is 1.01. The monoisotopic (exact) mass is 196 g/mol. The molecule has 0 radical (unpaired) electrons. The normalized spacial score (nSPS) is 13.9. The first-order valence-electron chi connectivity index (χ1n) is 4.69. The molecule has 0 saturated heterocycles. The Hall–Kier alpha value is -1.22. The van der Waals surface area contributed by atoms with Crippen LogP contribution in [0, 0.1) is 0 Å². The number of nitrogens with zero attached hydrogens (tertiary/aromatic N) is 1. The van der Waals surface area contributed by atoms with Crippen molar-refractivity contribution in [1.82, 2.24) is 5.06 Å². The maximum atomic E-state index is 5.82. The van der Waals surface area contributed by atoms with Crippen molar-refractivity contribution in [2.75, 3.05) is 14.1 Å². The molecule has 0 heterocycles. The number of allylic oxidation sites excluding steroid dienone is 3. The standard InChI is InChI=1S/C11H20N2O/c1-6-9(7-2)11(10(12)8-3)14-13(4)5/h6,8H,1,7,12H2,2-5H3/b10-8+,11-9+. The van der Waals surface area contributed by atoms with E-state index in [4.69, 9.17) is 10.6 Å². The van der Waals surface area contributed by atoms with Gasteiger partial charge in [-0.25, -0.2) is 0 Å². The fourth-order valence-electron chi connectivity index (χ4n) is 1.01. The van der Waals surface area contributed by atoms with Crippen molar-refractivity contribution in [2.45, 2.75) is 20.3 Å². The lowest BCUT2D eigenvalue weighted by molar-refractivity contribution is -0.0708. The summed E-state index contributed by atoms with van der Waals surface area (Å²) in [5, 5.41) is 1.62. The molecule has 0 aromatic rings. The summed E-state index contributed by atoms with van der Waals surface area (Å²) < 4.78 is 0. The van der Waals surface area contributed by atoms with Crippen molar-refractivity contribution in [1.29, 1.82) is 0 Å². The molecule has 80 valence electrons. The first-order chi connectivity index (χ1) is 6.56. The lowest BCUT2D eigenvalue weighted by Gasteiger charge is -2.17. The van der Waals surface area contributed by atoms with Crippen molar-refractivity contribution < 1.29 is 4.84 Å². The molecular formula is C11H20N2O. The van der Waals surface area contributed by atoms with E-state index in [1.165, 1.54) is 0 Å². The predicted molar refractivity (Wildman–Crippen MR) is 60.2 cm³/mol. The number of nitrogens with two attached hydrogens (primary N) is 1. The number of hydrogen-bond donors (Lipinski definition) is 1. The van der Waals surface area contributed by atoms with Crippen LogP contribution in [0.25, 0.3) is 0 Å². The average molecular weight is 196 g/mol. The van der Waals surface area contributed by atoms with Crippen LogP contribution in [0.5, 0.6) is 0 Å². The van der Waals surface area contributed by atoms with Crippen LogP contribution in [0.15, 0.2) is 35.8 Å². The zero-order valence-electron chi connectivity index (χ0n) is 9.50. The van der Waals surface area contributed by atoms with Crippen LogP contribution in [-0.2, 0) is 4.84 Å². The maximum absolute atomic E-state index is 5.82. The molecule has 14 heavy (non-hydrogen) atoms. The summed E-state index contributed by atoms with van der Waals surface area (Å²) in [5.41, 5.74) is 7.46. The molecule has 0 aliphatic rings. The molecule has 2 N–H and O–H groups in total. The van der Waals surface area contributed by atoms with Crippen molar-refractivity contribution >= 4 is 0 Å². The second-order valence-corrected chi connectivity index (χ2v) is 3.06. The highest BCUT2D eigenvalue weighted by molar-refractivity contribution is 5.33. The maximum Gasteiger partial charge on any atom is 0.173 e. The predicted octanol–water partition coefficient (Wildman–Crippen LogP) is 2.19. The molecule has 0 fully saturated rings. The van der Waals surface area contributed by atoms with E-state index in [9.17, 15) is 0 Å². The third-order valence-corrected chi connectivity index (χ3v) is 1.77. The van der Waals surface area contributed by atoms with Gasteiger partial charge >= 0.3 is 0 Å². The van der Waals surface area contributed by atoms with Crippen LogP contribution in [0.3, 0.4) is 0 Å². The van der Waals surface area contributed by atoms with Gasteiger partial charge in [-0.05, 0) is 18.9 Å². The summed E-state index contributed by atoms with van der Waals surface area (Å²) in [4.78, 5) is 5.50. The van der Waals surface area contributed by atoms with Gasteiger partial charge in [0, 0.05) is 14.1 Å². The quantitative estimate of drug-likeness (QED) is 0.416. The minimum Gasteiger partial charge on any atom is -0.404 e. The summed E-state index contributed by atoms with van der Waals surface area (Å²) in [5.74, 6) is 0.690. The third kappa shape index (κ3) is 3.66. The van der Waals surface area contributed by atoms with Crippen LogP contribution in [0.1, 0.15) is 20.3 Å². The number of hydroxylamine groups is 2. The van der Waals surface area contributed by atoms with Crippen molar-refractivity contribution in [2.24, 2.45) is 5.73 Å². The molecule has 0 aliphatic carbocycles. The summed E-state index contributed by atoms with van der Waals surface area (Å²) in [6.45, 7) is 7.66. The lowest BCUT2D eigenvalue weighted by Crippen LogP contribution is -2.17. The van der Waals surface area contributed by atoms with Crippen LogP contribution in [0.4, 0.5) is 0 Å². The highest BCUT2D eigenvalue weighted by atomic mass is 16.7. The summed E-state index contributed by atoms with van der Waals surface area (Å²) in [6.07, 6.45) is 4.44. The van der Waals surface area contributed by atoms with Gasteiger partial charge in [0.2, 0.25) is 0 Å². The Kier molecular flexibility index (Phi) is 5.72. The van der Waals surface area contributed by atoms with Crippen LogP contribution in [0.2, 0.25) is 0 Å². The molecule has 3 heteroatoms. The fraction of sp³-hybridized carbons (Fsp3) is 0.455. The van der Waals surface area contributed by atoms with E-state index in [2.05, 4.69) is 6.58 Å². The van der Waals surface area contributed by atoms with E-state index in [1.807, 2.05) is 34.0 Å².